The van der Waals surface area contributed by atoms with E-state index in [4.69, 9.17) is 9.47 Å². The highest BCUT2D eigenvalue weighted by molar-refractivity contribution is 14.1. The molecule has 3 rings (SSSR count). The number of urea groups is 1. The van der Waals surface area contributed by atoms with Gasteiger partial charge in [0.1, 0.15) is 18.1 Å². The lowest BCUT2D eigenvalue weighted by molar-refractivity contribution is -0.115. The van der Waals surface area contributed by atoms with Crippen molar-refractivity contribution in [3.8, 4) is 11.5 Å². The van der Waals surface area contributed by atoms with Crippen molar-refractivity contribution in [3.05, 3.63) is 62.6 Å². The first kappa shape index (κ1) is 19.2. The third-order valence-corrected chi connectivity index (χ3v) is 4.46. The van der Waals surface area contributed by atoms with Crippen LogP contribution in [0.3, 0.4) is 0 Å². The highest BCUT2D eigenvalue weighted by atomic mass is 127. The van der Waals surface area contributed by atoms with E-state index >= 15 is 0 Å². The molecule has 1 saturated heterocycles. The van der Waals surface area contributed by atoms with Crippen molar-refractivity contribution in [2.75, 3.05) is 6.61 Å². The number of nitrogens with one attached hydrogen (secondary N) is 2. The number of imide groups is 1. The fraction of sp³-hybridized carbons (Fsp3) is 0.158. The third-order valence-electron chi connectivity index (χ3n) is 3.66. The molecule has 0 spiro atoms. The summed E-state index contributed by atoms with van der Waals surface area (Å²) in [6, 6.07) is 9.06. The predicted molar refractivity (Wildman–Crippen MR) is 106 cm³/mol. The second kappa shape index (κ2) is 8.38. The second-order valence-electron chi connectivity index (χ2n) is 5.64. The number of carbonyl (C=O) groups is 2. The number of amides is 3. The molecule has 27 heavy (non-hydrogen) atoms. The zero-order valence-corrected chi connectivity index (χ0v) is 16.5. The Labute approximate surface area is 168 Å². The van der Waals surface area contributed by atoms with Crippen LogP contribution in [0.1, 0.15) is 18.1 Å². The van der Waals surface area contributed by atoms with E-state index < -0.39 is 11.9 Å². The Morgan fingerprint density at radius 2 is 1.85 bits per heavy atom. The first-order chi connectivity index (χ1) is 13.0. The Morgan fingerprint density at radius 1 is 1.11 bits per heavy atom. The molecule has 0 aliphatic carbocycles. The van der Waals surface area contributed by atoms with Crippen LogP contribution in [-0.4, -0.2) is 18.5 Å². The number of hydrogen-bond acceptors (Lipinski definition) is 4. The molecule has 0 radical (unpaired) electrons. The van der Waals surface area contributed by atoms with Crippen molar-refractivity contribution in [1.29, 1.82) is 0 Å². The largest absolute Gasteiger partial charge is 0.490 e. The third kappa shape index (κ3) is 4.76. The maximum atomic E-state index is 13.0. The van der Waals surface area contributed by atoms with Crippen molar-refractivity contribution in [3.63, 3.8) is 0 Å². The van der Waals surface area contributed by atoms with E-state index in [-0.39, 0.29) is 18.1 Å². The summed E-state index contributed by atoms with van der Waals surface area (Å²) in [6.07, 6.45) is 1.56. The Kier molecular flexibility index (Phi) is 5.94. The smallest absolute Gasteiger partial charge is 0.326 e. The molecule has 1 heterocycles. The maximum Gasteiger partial charge on any atom is 0.326 e. The van der Waals surface area contributed by atoms with Crippen molar-refractivity contribution in [1.82, 2.24) is 10.6 Å². The first-order valence-corrected chi connectivity index (χ1v) is 9.21. The number of carbonyl (C=O) groups excluding carboxylic acids is 2. The predicted octanol–water partition coefficient (Wildman–Crippen LogP) is 3.59. The highest BCUT2D eigenvalue weighted by Gasteiger charge is 2.23. The van der Waals surface area contributed by atoms with E-state index in [1.165, 1.54) is 12.1 Å². The zero-order chi connectivity index (χ0) is 19.4. The van der Waals surface area contributed by atoms with Crippen LogP contribution in [0.2, 0.25) is 0 Å². The molecule has 6 nitrogen and oxygen atoms in total. The van der Waals surface area contributed by atoms with Crippen LogP contribution in [0.25, 0.3) is 6.08 Å². The van der Waals surface area contributed by atoms with Gasteiger partial charge in [0.05, 0.1) is 10.2 Å². The van der Waals surface area contributed by atoms with Crippen molar-refractivity contribution >= 4 is 40.6 Å². The average molecular weight is 482 g/mol. The lowest BCUT2D eigenvalue weighted by atomic mass is 10.1. The molecule has 8 heteroatoms. The van der Waals surface area contributed by atoms with Crippen LogP contribution in [0, 0.1) is 9.39 Å². The lowest BCUT2D eigenvalue weighted by Crippen LogP contribution is -2.22. The van der Waals surface area contributed by atoms with Gasteiger partial charge in [-0.25, -0.2) is 9.18 Å². The molecule has 0 unspecified atom stereocenters. The van der Waals surface area contributed by atoms with Crippen molar-refractivity contribution < 1.29 is 23.5 Å². The minimum absolute atomic E-state index is 0.165. The monoisotopic (exact) mass is 482 g/mol. The van der Waals surface area contributed by atoms with Gasteiger partial charge < -0.3 is 14.8 Å². The van der Waals surface area contributed by atoms with Crippen LogP contribution in [0.4, 0.5) is 9.18 Å². The van der Waals surface area contributed by atoms with Crippen LogP contribution in [0.15, 0.2) is 42.1 Å². The lowest BCUT2D eigenvalue weighted by Gasteiger charge is -2.15. The molecule has 2 N–H and O–H groups in total. The molecule has 1 aliphatic heterocycles. The van der Waals surface area contributed by atoms with Crippen molar-refractivity contribution in [2.45, 2.75) is 13.5 Å². The Balaban J connectivity index is 1.85. The highest BCUT2D eigenvalue weighted by Crippen LogP contribution is 2.35. The number of benzene rings is 2. The Bertz CT molecular complexity index is 913. The van der Waals surface area contributed by atoms with Gasteiger partial charge in [-0.2, -0.15) is 0 Å². The summed E-state index contributed by atoms with van der Waals surface area (Å²) in [4.78, 5) is 22.9. The number of halogens is 2. The van der Waals surface area contributed by atoms with Gasteiger partial charge in [-0.3, -0.25) is 10.1 Å². The average Bonchev–Trinajstić information content (AvgIpc) is 2.93. The fourth-order valence-electron chi connectivity index (χ4n) is 2.46. The van der Waals surface area contributed by atoms with Gasteiger partial charge >= 0.3 is 6.03 Å². The Hall–Kier alpha value is -2.62. The quantitative estimate of drug-likeness (QED) is 0.375. The van der Waals surface area contributed by atoms with Gasteiger partial charge in [0, 0.05) is 0 Å². The first-order valence-electron chi connectivity index (χ1n) is 8.14. The van der Waals surface area contributed by atoms with Crippen molar-refractivity contribution in [2.24, 2.45) is 0 Å². The maximum absolute atomic E-state index is 13.0. The summed E-state index contributed by atoms with van der Waals surface area (Å²) >= 11 is 2.11. The summed E-state index contributed by atoms with van der Waals surface area (Å²) in [5, 5.41) is 4.60. The topological polar surface area (TPSA) is 76.7 Å². The summed E-state index contributed by atoms with van der Waals surface area (Å²) in [7, 11) is 0. The molecule has 140 valence electrons. The van der Waals surface area contributed by atoms with Gasteiger partial charge in [-0.15, -0.1) is 0 Å². The molecule has 0 saturated carbocycles. The minimum atomic E-state index is -0.551. The van der Waals surface area contributed by atoms with E-state index in [0.717, 1.165) is 9.13 Å². The SMILES string of the molecule is CCOc1cc(/C=C2/NC(=O)NC2=O)cc(I)c1OCc1ccc(F)cc1. The molecule has 1 aliphatic rings. The zero-order valence-electron chi connectivity index (χ0n) is 14.3. The van der Waals surface area contributed by atoms with E-state index in [1.807, 2.05) is 13.0 Å². The van der Waals surface area contributed by atoms with E-state index in [9.17, 15) is 14.0 Å². The summed E-state index contributed by atoms with van der Waals surface area (Å²) in [5.74, 6) is 0.292. The summed E-state index contributed by atoms with van der Waals surface area (Å²) in [6.45, 7) is 2.54. The van der Waals surface area contributed by atoms with E-state index in [2.05, 4.69) is 33.2 Å². The molecule has 0 aromatic heterocycles. The summed E-state index contributed by atoms with van der Waals surface area (Å²) < 4.78 is 25.4. The van der Waals surface area contributed by atoms with Crippen LogP contribution in [-0.2, 0) is 11.4 Å². The van der Waals surface area contributed by atoms with Crippen LogP contribution >= 0.6 is 22.6 Å². The van der Waals surface area contributed by atoms with Crippen LogP contribution < -0.4 is 20.1 Å². The standard InChI is InChI=1S/C19H16FIN2O4/c1-2-26-16-9-12(8-15-18(24)23-19(25)22-15)7-14(21)17(16)27-10-11-3-5-13(20)6-4-11/h3-9H,2,10H2,1H3,(H2,22,23,24,25)/b15-8+. The summed E-state index contributed by atoms with van der Waals surface area (Å²) in [5.41, 5.74) is 1.67. The minimum Gasteiger partial charge on any atom is -0.490 e. The van der Waals surface area contributed by atoms with Gasteiger partial charge in [-0.05, 0) is 71.0 Å². The van der Waals surface area contributed by atoms with Gasteiger partial charge in [0.25, 0.3) is 5.91 Å². The normalized spacial score (nSPS) is 14.9. The molecule has 0 bridgehead atoms. The molecular weight excluding hydrogens is 466 g/mol. The van der Waals surface area contributed by atoms with Crippen LogP contribution in [0.5, 0.6) is 11.5 Å². The molecule has 3 amide bonds. The molecule has 2 aromatic rings. The van der Waals surface area contributed by atoms with E-state index in [0.29, 0.717) is 23.7 Å². The second-order valence-corrected chi connectivity index (χ2v) is 6.81. The molecule has 2 aromatic carbocycles. The molecular formula is C19H16FIN2O4. The van der Waals surface area contributed by atoms with Gasteiger partial charge in [-0.1, -0.05) is 12.1 Å². The van der Waals surface area contributed by atoms with E-state index in [1.54, 1.807) is 24.3 Å². The Morgan fingerprint density at radius 3 is 2.48 bits per heavy atom. The molecule has 0 atom stereocenters. The number of hydrogen-bond donors (Lipinski definition) is 2. The number of rotatable bonds is 6. The van der Waals surface area contributed by atoms with Gasteiger partial charge in [0.2, 0.25) is 0 Å². The fourth-order valence-corrected chi connectivity index (χ4v) is 3.24. The van der Waals surface area contributed by atoms with Gasteiger partial charge in [0.15, 0.2) is 11.5 Å². The number of ether oxygens (including phenoxy) is 2. The molecule has 1 fully saturated rings.